The zero-order valence-electron chi connectivity index (χ0n) is 9.99. The standard InChI is InChI=1S/C11H19BrO4/c1-4-7-8(12)9(10(13)15-5-2)11(14)16-6-3/h8-9H,4-7H2,1-3H3. The van der Waals surface area contributed by atoms with Crippen molar-refractivity contribution in [2.75, 3.05) is 13.2 Å². The number of carbonyl (C=O) groups excluding carboxylic acids is 2. The number of halogens is 1. The maximum Gasteiger partial charge on any atom is 0.321 e. The maximum absolute atomic E-state index is 11.6. The fraction of sp³-hybridized carbons (Fsp3) is 0.818. The summed E-state index contributed by atoms with van der Waals surface area (Å²) in [6.45, 7) is 5.94. The third kappa shape index (κ3) is 4.96. The van der Waals surface area contributed by atoms with E-state index < -0.39 is 17.9 Å². The molecule has 0 aromatic rings. The van der Waals surface area contributed by atoms with Crippen LogP contribution in [0, 0.1) is 5.92 Å². The van der Waals surface area contributed by atoms with Gasteiger partial charge >= 0.3 is 11.9 Å². The van der Waals surface area contributed by atoms with Crippen LogP contribution in [0.3, 0.4) is 0 Å². The highest BCUT2D eigenvalue weighted by atomic mass is 79.9. The predicted molar refractivity (Wildman–Crippen MR) is 64.4 cm³/mol. The van der Waals surface area contributed by atoms with E-state index in [1.807, 2.05) is 6.92 Å². The average Bonchev–Trinajstić information content (AvgIpc) is 2.19. The molecule has 16 heavy (non-hydrogen) atoms. The SMILES string of the molecule is CCCC(Br)C(C(=O)OCC)C(=O)OCC. The quantitative estimate of drug-likeness (QED) is 0.411. The number of alkyl halides is 1. The van der Waals surface area contributed by atoms with Crippen molar-refractivity contribution in [2.24, 2.45) is 5.92 Å². The fourth-order valence-corrected chi connectivity index (χ4v) is 2.19. The van der Waals surface area contributed by atoms with Gasteiger partial charge in [0.15, 0.2) is 5.92 Å². The van der Waals surface area contributed by atoms with E-state index in [1.54, 1.807) is 13.8 Å². The molecule has 0 amide bonds. The normalized spacial score (nSPS) is 12.3. The number of carbonyl (C=O) groups is 2. The first kappa shape index (κ1) is 15.4. The summed E-state index contributed by atoms with van der Waals surface area (Å²) in [7, 11) is 0. The van der Waals surface area contributed by atoms with Gasteiger partial charge in [0.1, 0.15) is 0 Å². The van der Waals surface area contributed by atoms with E-state index in [2.05, 4.69) is 15.9 Å². The van der Waals surface area contributed by atoms with Crippen LogP contribution in [0.2, 0.25) is 0 Å². The van der Waals surface area contributed by atoms with Crippen LogP contribution in [-0.4, -0.2) is 30.0 Å². The molecule has 0 aliphatic carbocycles. The second kappa shape index (κ2) is 8.56. The van der Waals surface area contributed by atoms with Crippen LogP contribution in [0.15, 0.2) is 0 Å². The summed E-state index contributed by atoms with van der Waals surface area (Å²) in [5.41, 5.74) is 0. The second-order valence-corrected chi connectivity index (χ2v) is 4.46. The zero-order chi connectivity index (χ0) is 12.6. The molecule has 0 N–H and O–H groups in total. The molecule has 0 saturated carbocycles. The predicted octanol–water partition coefficient (Wildman–Crippen LogP) is 2.29. The van der Waals surface area contributed by atoms with Crippen molar-refractivity contribution in [1.82, 2.24) is 0 Å². The van der Waals surface area contributed by atoms with Crippen molar-refractivity contribution in [3.05, 3.63) is 0 Å². The molecule has 4 nitrogen and oxygen atoms in total. The Hall–Kier alpha value is -0.580. The zero-order valence-corrected chi connectivity index (χ0v) is 11.6. The van der Waals surface area contributed by atoms with E-state index >= 15 is 0 Å². The van der Waals surface area contributed by atoms with Crippen LogP contribution in [0.1, 0.15) is 33.6 Å². The minimum absolute atomic E-state index is 0.226. The molecule has 0 radical (unpaired) electrons. The average molecular weight is 295 g/mol. The first-order valence-electron chi connectivity index (χ1n) is 5.55. The molecule has 0 bridgehead atoms. The molecule has 5 heteroatoms. The van der Waals surface area contributed by atoms with E-state index in [0.29, 0.717) is 0 Å². The molecular weight excluding hydrogens is 276 g/mol. The van der Waals surface area contributed by atoms with Crippen molar-refractivity contribution in [1.29, 1.82) is 0 Å². The molecular formula is C11H19BrO4. The van der Waals surface area contributed by atoms with Crippen LogP contribution in [0.5, 0.6) is 0 Å². The Morgan fingerprint density at radius 3 is 1.81 bits per heavy atom. The highest BCUT2D eigenvalue weighted by Crippen LogP contribution is 2.21. The molecule has 1 unspecified atom stereocenters. The summed E-state index contributed by atoms with van der Waals surface area (Å²) < 4.78 is 9.74. The summed E-state index contributed by atoms with van der Waals surface area (Å²) >= 11 is 3.34. The lowest BCUT2D eigenvalue weighted by Gasteiger charge is -2.18. The molecule has 0 aliphatic rings. The van der Waals surface area contributed by atoms with Crippen molar-refractivity contribution in [3.8, 4) is 0 Å². The summed E-state index contributed by atoms with van der Waals surface area (Å²) in [5.74, 6) is -1.90. The van der Waals surface area contributed by atoms with Gasteiger partial charge in [-0.15, -0.1) is 0 Å². The van der Waals surface area contributed by atoms with Gasteiger partial charge in [-0.1, -0.05) is 29.3 Å². The molecule has 0 heterocycles. The van der Waals surface area contributed by atoms with E-state index in [1.165, 1.54) is 0 Å². The second-order valence-electron chi connectivity index (χ2n) is 3.29. The Kier molecular flexibility index (Phi) is 8.25. The highest BCUT2D eigenvalue weighted by molar-refractivity contribution is 9.09. The maximum atomic E-state index is 11.6. The Morgan fingerprint density at radius 2 is 1.50 bits per heavy atom. The Balaban J connectivity index is 4.60. The lowest BCUT2D eigenvalue weighted by Crippen LogP contribution is -2.35. The minimum atomic E-state index is -0.861. The Morgan fingerprint density at radius 1 is 1.06 bits per heavy atom. The topological polar surface area (TPSA) is 52.6 Å². The summed E-state index contributed by atoms with van der Waals surface area (Å²) in [4.78, 5) is 23.0. The molecule has 0 aromatic heterocycles. The molecule has 0 saturated heterocycles. The molecule has 0 spiro atoms. The lowest BCUT2D eigenvalue weighted by atomic mass is 10.0. The summed E-state index contributed by atoms with van der Waals surface area (Å²) in [6.07, 6.45) is 1.60. The number of rotatable bonds is 7. The first-order valence-corrected chi connectivity index (χ1v) is 6.47. The smallest absolute Gasteiger partial charge is 0.321 e. The molecule has 94 valence electrons. The van der Waals surface area contributed by atoms with Crippen LogP contribution >= 0.6 is 15.9 Å². The third-order valence-corrected chi connectivity index (χ3v) is 2.99. The van der Waals surface area contributed by atoms with Crippen LogP contribution in [0.4, 0.5) is 0 Å². The van der Waals surface area contributed by atoms with E-state index in [-0.39, 0.29) is 18.0 Å². The van der Waals surface area contributed by atoms with Gasteiger partial charge < -0.3 is 9.47 Å². The first-order chi connectivity index (χ1) is 7.58. The number of esters is 2. The van der Waals surface area contributed by atoms with Crippen molar-refractivity contribution in [2.45, 2.75) is 38.4 Å². The molecule has 0 rings (SSSR count). The molecule has 0 aliphatic heterocycles. The fourth-order valence-electron chi connectivity index (χ4n) is 1.30. The highest BCUT2D eigenvalue weighted by Gasteiger charge is 2.35. The van der Waals surface area contributed by atoms with Gasteiger partial charge in [0.2, 0.25) is 0 Å². The lowest BCUT2D eigenvalue weighted by molar-refractivity contribution is -0.161. The molecule has 0 aromatic carbocycles. The molecule has 0 fully saturated rings. The van der Waals surface area contributed by atoms with Gasteiger partial charge in [-0.2, -0.15) is 0 Å². The van der Waals surface area contributed by atoms with Crippen molar-refractivity contribution < 1.29 is 19.1 Å². The Labute approximate surface area is 105 Å². The van der Waals surface area contributed by atoms with Crippen molar-refractivity contribution in [3.63, 3.8) is 0 Å². The van der Waals surface area contributed by atoms with Gasteiger partial charge in [-0.3, -0.25) is 9.59 Å². The molecule has 1 atom stereocenters. The van der Waals surface area contributed by atoms with Crippen molar-refractivity contribution >= 4 is 27.9 Å². The summed E-state index contributed by atoms with van der Waals surface area (Å²) in [5, 5.41) is 0. The van der Waals surface area contributed by atoms with Crippen LogP contribution < -0.4 is 0 Å². The van der Waals surface area contributed by atoms with Gasteiger partial charge in [0.05, 0.1) is 13.2 Å². The van der Waals surface area contributed by atoms with E-state index in [9.17, 15) is 9.59 Å². The number of hydrogen-bond donors (Lipinski definition) is 0. The summed E-state index contributed by atoms with van der Waals surface area (Å²) in [6, 6.07) is 0. The van der Waals surface area contributed by atoms with Gasteiger partial charge in [-0.25, -0.2) is 0 Å². The van der Waals surface area contributed by atoms with E-state index in [4.69, 9.17) is 9.47 Å². The van der Waals surface area contributed by atoms with Gasteiger partial charge in [-0.05, 0) is 20.3 Å². The van der Waals surface area contributed by atoms with Gasteiger partial charge in [0, 0.05) is 4.83 Å². The third-order valence-electron chi connectivity index (χ3n) is 2.01. The monoisotopic (exact) mass is 294 g/mol. The number of hydrogen-bond acceptors (Lipinski definition) is 4. The largest absolute Gasteiger partial charge is 0.465 e. The Bertz CT molecular complexity index is 212. The van der Waals surface area contributed by atoms with Crippen LogP contribution in [-0.2, 0) is 19.1 Å². The number of ether oxygens (including phenoxy) is 2. The van der Waals surface area contributed by atoms with E-state index in [0.717, 1.165) is 12.8 Å². The minimum Gasteiger partial charge on any atom is -0.465 e. The van der Waals surface area contributed by atoms with Gasteiger partial charge in [0.25, 0.3) is 0 Å². The van der Waals surface area contributed by atoms with Crippen LogP contribution in [0.25, 0.3) is 0 Å².